The molecule has 3 rings (SSSR count). The zero-order chi connectivity index (χ0) is 23.3. The van der Waals surface area contributed by atoms with E-state index in [1.54, 1.807) is 17.0 Å². The summed E-state index contributed by atoms with van der Waals surface area (Å²) in [6.07, 6.45) is 4.57. The number of carboxylic acids is 1. The average Bonchev–Trinajstić information content (AvgIpc) is 3.33. The van der Waals surface area contributed by atoms with Crippen LogP contribution in [-0.2, 0) is 19.7 Å². The normalized spacial score (nSPS) is 20.5. The van der Waals surface area contributed by atoms with Gasteiger partial charge in [0.05, 0.1) is 19.3 Å². The number of carboxylic acid groups (broad SMARTS) is 1. The number of amides is 1. The molecule has 1 saturated heterocycles. The van der Waals surface area contributed by atoms with Crippen LogP contribution in [-0.4, -0.2) is 34.7 Å². The number of unbranched alkanes of at least 4 members (excludes halogenated alkanes) is 2. The fraction of sp³-hybridized carbons (Fsp3) is 0.500. The maximum atomic E-state index is 12.8. The summed E-state index contributed by atoms with van der Waals surface area (Å²) in [4.78, 5) is 26.8. The second-order valence-corrected chi connectivity index (χ2v) is 11.3. The molecule has 174 valence electrons. The molecule has 1 unspecified atom stereocenters. The standard InChI is InChI=1S/C24H30INO5S/c1-3-4-5-12-24(25,30)17-6-8-18(9-7-17)26-19(13-16(2)22(26)27)14-31-15-20-10-11-21(32-20)23(28)29/h6-11,16,19,30H,3-5,12-15H2,1-2H3,(H,28,29)/t16?,19-,24-/m1/s1. The van der Waals surface area contributed by atoms with Crippen LogP contribution in [0.25, 0.3) is 0 Å². The minimum Gasteiger partial charge on any atom is -0.477 e. The van der Waals surface area contributed by atoms with Gasteiger partial charge in [0.2, 0.25) is 5.91 Å². The number of thiophene rings is 1. The van der Waals surface area contributed by atoms with Crippen LogP contribution < -0.4 is 4.90 Å². The fourth-order valence-electron chi connectivity index (χ4n) is 4.01. The van der Waals surface area contributed by atoms with E-state index in [9.17, 15) is 14.7 Å². The number of hydrogen-bond acceptors (Lipinski definition) is 5. The smallest absolute Gasteiger partial charge is 0.345 e. The second kappa shape index (κ2) is 11.1. The van der Waals surface area contributed by atoms with Crippen molar-refractivity contribution >= 4 is 51.5 Å². The lowest BCUT2D eigenvalue weighted by Gasteiger charge is -2.26. The topological polar surface area (TPSA) is 87.1 Å². The molecule has 1 aromatic heterocycles. The average molecular weight is 571 g/mol. The van der Waals surface area contributed by atoms with Gasteiger partial charge in [-0.25, -0.2) is 4.79 Å². The van der Waals surface area contributed by atoms with E-state index in [4.69, 9.17) is 9.84 Å². The van der Waals surface area contributed by atoms with E-state index in [0.29, 0.717) is 30.9 Å². The number of aromatic carboxylic acids is 1. The van der Waals surface area contributed by atoms with Gasteiger partial charge in [-0.1, -0.05) is 38.8 Å². The number of benzene rings is 1. The van der Waals surface area contributed by atoms with Crippen LogP contribution in [0, 0.1) is 5.92 Å². The van der Waals surface area contributed by atoms with E-state index in [1.807, 2.05) is 31.2 Å². The van der Waals surface area contributed by atoms with Crippen LogP contribution in [0.3, 0.4) is 0 Å². The Hall–Kier alpha value is -1.49. The van der Waals surface area contributed by atoms with Gasteiger partial charge in [-0.15, -0.1) is 11.3 Å². The molecule has 8 heteroatoms. The van der Waals surface area contributed by atoms with Crippen LogP contribution in [0.1, 0.15) is 66.1 Å². The molecular formula is C24H30INO5S. The van der Waals surface area contributed by atoms with E-state index in [0.717, 1.165) is 35.4 Å². The molecule has 1 amide bonds. The lowest BCUT2D eigenvalue weighted by Crippen LogP contribution is -2.36. The Balaban J connectivity index is 1.64. The number of carbonyl (C=O) groups excluding carboxylic acids is 1. The maximum Gasteiger partial charge on any atom is 0.345 e. The Bertz CT molecular complexity index is 927. The number of nitrogens with zero attached hydrogens (tertiary/aromatic N) is 1. The van der Waals surface area contributed by atoms with Gasteiger partial charge in [0, 0.05) is 16.5 Å². The largest absolute Gasteiger partial charge is 0.477 e. The minimum absolute atomic E-state index is 0.0725. The molecule has 0 radical (unpaired) electrons. The number of ether oxygens (including phenoxy) is 1. The van der Waals surface area contributed by atoms with Crippen molar-refractivity contribution in [1.29, 1.82) is 0 Å². The van der Waals surface area contributed by atoms with Gasteiger partial charge in [-0.3, -0.25) is 4.79 Å². The summed E-state index contributed by atoms with van der Waals surface area (Å²) in [6.45, 7) is 4.77. The summed E-state index contributed by atoms with van der Waals surface area (Å²) in [5, 5.41) is 19.9. The van der Waals surface area contributed by atoms with Crippen LogP contribution in [0.2, 0.25) is 0 Å². The molecule has 1 aromatic carbocycles. The van der Waals surface area contributed by atoms with Crippen LogP contribution in [0.15, 0.2) is 36.4 Å². The molecule has 0 saturated carbocycles. The van der Waals surface area contributed by atoms with Gasteiger partial charge in [-0.2, -0.15) is 0 Å². The molecule has 1 aliphatic heterocycles. The molecule has 3 atom stereocenters. The Morgan fingerprint density at radius 1 is 1.25 bits per heavy atom. The van der Waals surface area contributed by atoms with Gasteiger partial charge >= 0.3 is 5.97 Å². The van der Waals surface area contributed by atoms with Gasteiger partial charge in [0.25, 0.3) is 0 Å². The summed E-state index contributed by atoms with van der Waals surface area (Å²) in [5.41, 5.74) is 1.65. The summed E-state index contributed by atoms with van der Waals surface area (Å²) in [5.74, 6) is -0.947. The Morgan fingerprint density at radius 2 is 1.97 bits per heavy atom. The summed E-state index contributed by atoms with van der Waals surface area (Å²) < 4.78 is 4.95. The van der Waals surface area contributed by atoms with Crippen LogP contribution in [0.4, 0.5) is 5.69 Å². The van der Waals surface area contributed by atoms with E-state index in [2.05, 4.69) is 29.5 Å². The van der Waals surface area contributed by atoms with Gasteiger partial charge < -0.3 is 19.8 Å². The third-order valence-electron chi connectivity index (χ3n) is 5.78. The molecular weight excluding hydrogens is 541 g/mol. The van der Waals surface area contributed by atoms with E-state index < -0.39 is 9.58 Å². The summed E-state index contributed by atoms with van der Waals surface area (Å²) in [7, 11) is 0. The number of aliphatic hydroxyl groups is 1. The van der Waals surface area contributed by atoms with Crippen molar-refractivity contribution in [3.63, 3.8) is 0 Å². The van der Waals surface area contributed by atoms with Crippen molar-refractivity contribution in [1.82, 2.24) is 0 Å². The lowest BCUT2D eigenvalue weighted by atomic mass is 10.0. The van der Waals surface area contributed by atoms with Gasteiger partial charge in [0.1, 0.15) is 8.48 Å². The van der Waals surface area contributed by atoms with Gasteiger partial charge in [-0.05, 0) is 71.7 Å². The highest BCUT2D eigenvalue weighted by molar-refractivity contribution is 14.1. The molecule has 2 heterocycles. The van der Waals surface area contributed by atoms with E-state index in [1.165, 1.54) is 11.3 Å². The third-order valence-corrected chi connectivity index (χ3v) is 7.99. The first-order chi connectivity index (χ1) is 15.2. The zero-order valence-electron chi connectivity index (χ0n) is 18.4. The highest BCUT2D eigenvalue weighted by Gasteiger charge is 2.38. The molecule has 0 spiro atoms. The first-order valence-corrected chi connectivity index (χ1v) is 12.9. The van der Waals surface area contributed by atoms with Crippen molar-refractivity contribution < 1.29 is 24.5 Å². The molecule has 0 aliphatic carbocycles. The monoisotopic (exact) mass is 571 g/mol. The van der Waals surface area contributed by atoms with Crippen molar-refractivity contribution in [3.8, 4) is 0 Å². The number of anilines is 1. The first-order valence-electron chi connectivity index (χ1n) is 11.0. The van der Waals surface area contributed by atoms with Crippen molar-refractivity contribution in [2.24, 2.45) is 5.92 Å². The number of hydrogen-bond donors (Lipinski definition) is 2. The first kappa shape index (κ1) is 25.1. The minimum atomic E-state index is -0.935. The fourth-order valence-corrected chi connectivity index (χ4v) is 5.53. The Labute approximate surface area is 206 Å². The molecule has 6 nitrogen and oxygen atoms in total. The van der Waals surface area contributed by atoms with E-state index in [-0.39, 0.29) is 17.9 Å². The van der Waals surface area contributed by atoms with Crippen LogP contribution in [0.5, 0.6) is 0 Å². The predicted octanol–water partition coefficient (Wildman–Crippen LogP) is 5.56. The predicted molar refractivity (Wildman–Crippen MR) is 134 cm³/mol. The van der Waals surface area contributed by atoms with Gasteiger partial charge in [0.15, 0.2) is 0 Å². The summed E-state index contributed by atoms with van der Waals surface area (Å²) >= 11 is 3.30. The van der Waals surface area contributed by atoms with Crippen molar-refractivity contribution in [2.45, 2.75) is 62.2 Å². The molecule has 2 aromatic rings. The maximum absolute atomic E-state index is 12.8. The molecule has 1 aliphatic rings. The molecule has 2 N–H and O–H groups in total. The lowest BCUT2D eigenvalue weighted by molar-refractivity contribution is -0.120. The second-order valence-electron chi connectivity index (χ2n) is 8.35. The highest BCUT2D eigenvalue weighted by Crippen LogP contribution is 2.37. The Morgan fingerprint density at radius 3 is 2.59 bits per heavy atom. The van der Waals surface area contributed by atoms with Crippen molar-refractivity contribution in [3.05, 3.63) is 51.7 Å². The number of carbonyl (C=O) groups is 2. The SMILES string of the molecule is CCCCC[C@](O)(I)c1ccc(N2C(=O)C(C)C[C@@H]2COCc2ccc(C(=O)O)s2)cc1. The molecule has 1 fully saturated rings. The number of alkyl halides is 1. The van der Waals surface area contributed by atoms with E-state index >= 15 is 0 Å². The number of rotatable bonds is 11. The zero-order valence-corrected chi connectivity index (χ0v) is 21.4. The summed E-state index contributed by atoms with van der Waals surface area (Å²) in [6, 6.07) is 10.9. The molecule has 32 heavy (non-hydrogen) atoms. The van der Waals surface area contributed by atoms with Crippen LogP contribution >= 0.6 is 33.9 Å². The Kier molecular flexibility index (Phi) is 8.71. The molecule has 0 bridgehead atoms. The number of halogens is 1. The highest BCUT2D eigenvalue weighted by atomic mass is 127. The van der Waals surface area contributed by atoms with Crippen molar-refractivity contribution in [2.75, 3.05) is 11.5 Å². The quantitative estimate of drug-likeness (QED) is 0.210. The third kappa shape index (κ3) is 6.09.